The van der Waals surface area contributed by atoms with Crippen LogP contribution in [0.25, 0.3) is 0 Å². The molecule has 3 rings (SSSR count). The molecule has 3 aromatic rings. The maximum atomic E-state index is 11.9. The second kappa shape index (κ2) is 9.64. The van der Waals surface area contributed by atoms with Gasteiger partial charge < -0.3 is 4.74 Å². The van der Waals surface area contributed by atoms with Gasteiger partial charge in [0.15, 0.2) is 0 Å². The van der Waals surface area contributed by atoms with Crippen LogP contribution in [0.3, 0.4) is 0 Å². The van der Waals surface area contributed by atoms with Crippen molar-refractivity contribution in [2.24, 2.45) is 5.10 Å². The second-order valence-corrected chi connectivity index (χ2v) is 8.98. The lowest BCUT2D eigenvalue weighted by Crippen LogP contribution is -2.16. The van der Waals surface area contributed by atoms with Gasteiger partial charge in [0.1, 0.15) is 12.4 Å². The molecule has 0 aliphatic rings. The van der Waals surface area contributed by atoms with Crippen LogP contribution in [0.5, 0.6) is 5.75 Å². The highest BCUT2D eigenvalue weighted by Crippen LogP contribution is 2.35. The molecule has 1 aromatic heterocycles. The standard InChI is InChI=1S/C19H13Br3N2O2S/c20-14-5-3-12(4-6-14)11-26-18-15(21)8-13(9-16(18)22)10-23-24-19(25)17-2-1-7-27-17/h1-10H,11H2,(H,24,25)/b23-10-. The molecule has 1 N–H and O–H groups in total. The predicted octanol–water partition coefficient (Wildman–Crippen LogP) is 6.38. The molecule has 0 aliphatic heterocycles. The van der Waals surface area contributed by atoms with Gasteiger partial charge in [-0.25, -0.2) is 5.43 Å². The number of nitrogens with zero attached hydrogens (tertiary/aromatic N) is 1. The Morgan fingerprint density at radius 2 is 1.81 bits per heavy atom. The van der Waals surface area contributed by atoms with Crippen molar-refractivity contribution in [1.82, 2.24) is 5.43 Å². The van der Waals surface area contributed by atoms with Crippen LogP contribution in [-0.4, -0.2) is 12.1 Å². The summed E-state index contributed by atoms with van der Waals surface area (Å²) in [6.45, 7) is 0.453. The quantitative estimate of drug-likeness (QED) is 0.275. The molecule has 4 nitrogen and oxygen atoms in total. The molecular weight excluding hydrogens is 560 g/mol. The van der Waals surface area contributed by atoms with Crippen LogP contribution in [0, 0.1) is 0 Å². The number of halogens is 3. The Labute approximate surface area is 186 Å². The number of thiophene rings is 1. The molecule has 0 fully saturated rings. The van der Waals surface area contributed by atoms with E-state index < -0.39 is 0 Å². The van der Waals surface area contributed by atoms with E-state index in [4.69, 9.17) is 4.74 Å². The summed E-state index contributed by atoms with van der Waals surface area (Å²) in [4.78, 5) is 12.5. The first-order chi connectivity index (χ1) is 13.0. The number of carbonyl (C=O) groups excluding carboxylic acids is 1. The average molecular weight is 573 g/mol. The molecule has 0 saturated heterocycles. The SMILES string of the molecule is O=C(N/N=C\c1cc(Br)c(OCc2ccc(Br)cc2)c(Br)c1)c1cccs1. The van der Waals surface area contributed by atoms with E-state index in [9.17, 15) is 4.79 Å². The van der Waals surface area contributed by atoms with Crippen LogP contribution >= 0.6 is 59.1 Å². The molecule has 1 amide bonds. The van der Waals surface area contributed by atoms with Gasteiger partial charge in [0.25, 0.3) is 5.91 Å². The van der Waals surface area contributed by atoms with Crippen LogP contribution in [-0.2, 0) is 6.61 Å². The van der Waals surface area contributed by atoms with Crippen molar-refractivity contribution >= 4 is 71.2 Å². The van der Waals surface area contributed by atoms with Gasteiger partial charge in [-0.2, -0.15) is 5.10 Å². The number of rotatable bonds is 6. The highest BCUT2D eigenvalue weighted by Gasteiger charge is 2.09. The molecule has 0 unspecified atom stereocenters. The van der Waals surface area contributed by atoms with Crippen molar-refractivity contribution in [2.75, 3.05) is 0 Å². The summed E-state index contributed by atoms with van der Waals surface area (Å²) >= 11 is 11.8. The molecule has 0 atom stereocenters. The zero-order valence-corrected chi connectivity index (χ0v) is 19.4. The van der Waals surface area contributed by atoms with Crippen molar-refractivity contribution in [3.63, 3.8) is 0 Å². The van der Waals surface area contributed by atoms with Gasteiger partial charge in [0.05, 0.1) is 20.0 Å². The Hall–Kier alpha value is -1.48. The Morgan fingerprint density at radius 1 is 1.11 bits per heavy atom. The van der Waals surface area contributed by atoms with Crippen molar-refractivity contribution in [2.45, 2.75) is 6.61 Å². The van der Waals surface area contributed by atoms with Gasteiger partial charge in [0.2, 0.25) is 0 Å². The van der Waals surface area contributed by atoms with Gasteiger partial charge in [-0.15, -0.1) is 11.3 Å². The number of hydrogen-bond donors (Lipinski definition) is 1. The minimum atomic E-state index is -0.228. The lowest BCUT2D eigenvalue weighted by molar-refractivity contribution is 0.0959. The third-order valence-electron chi connectivity index (χ3n) is 3.44. The summed E-state index contributed by atoms with van der Waals surface area (Å²) in [6, 6.07) is 15.3. The highest BCUT2D eigenvalue weighted by atomic mass is 79.9. The smallest absolute Gasteiger partial charge is 0.281 e. The molecule has 27 heavy (non-hydrogen) atoms. The van der Waals surface area contributed by atoms with Gasteiger partial charge in [-0.05, 0) is 78.7 Å². The summed E-state index contributed by atoms with van der Waals surface area (Å²) in [6.07, 6.45) is 1.58. The average Bonchev–Trinajstić information content (AvgIpc) is 3.17. The topological polar surface area (TPSA) is 50.7 Å². The number of carbonyl (C=O) groups is 1. The van der Waals surface area contributed by atoms with Crippen LogP contribution < -0.4 is 10.2 Å². The lowest BCUT2D eigenvalue weighted by atomic mass is 10.2. The summed E-state index contributed by atoms with van der Waals surface area (Å²) in [7, 11) is 0. The normalized spacial score (nSPS) is 10.9. The minimum Gasteiger partial charge on any atom is -0.487 e. The zero-order chi connectivity index (χ0) is 19.2. The Bertz CT molecular complexity index is 935. The molecule has 0 spiro atoms. The number of ether oxygens (including phenoxy) is 1. The molecule has 0 saturated carbocycles. The summed E-state index contributed by atoms with van der Waals surface area (Å²) in [5.41, 5.74) is 4.40. The maximum Gasteiger partial charge on any atom is 0.281 e. The fourth-order valence-electron chi connectivity index (χ4n) is 2.16. The summed E-state index contributed by atoms with van der Waals surface area (Å²) < 4.78 is 8.53. The first-order valence-electron chi connectivity index (χ1n) is 7.76. The zero-order valence-electron chi connectivity index (χ0n) is 13.8. The van der Waals surface area contributed by atoms with Gasteiger partial charge in [-0.1, -0.05) is 34.1 Å². The van der Waals surface area contributed by atoms with E-state index in [1.165, 1.54) is 11.3 Å². The number of amides is 1. The molecule has 8 heteroatoms. The fraction of sp³-hybridized carbons (Fsp3) is 0.0526. The van der Waals surface area contributed by atoms with Crippen LogP contribution in [0.1, 0.15) is 20.8 Å². The summed E-state index contributed by atoms with van der Waals surface area (Å²) in [5, 5.41) is 5.85. The maximum absolute atomic E-state index is 11.9. The highest BCUT2D eigenvalue weighted by molar-refractivity contribution is 9.11. The molecule has 0 radical (unpaired) electrons. The van der Waals surface area contributed by atoms with Crippen LogP contribution in [0.4, 0.5) is 0 Å². The number of nitrogens with one attached hydrogen (secondary N) is 1. The minimum absolute atomic E-state index is 0.228. The molecule has 0 bridgehead atoms. The van der Waals surface area contributed by atoms with Crippen LogP contribution in [0.2, 0.25) is 0 Å². The van der Waals surface area contributed by atoms with Crippen molar-refractivity contribution in [3.05, 3.63) is 83.3 Å². The van der Waals surface area contributed by atoms with Crippen molar-refractivity contribution in [3.8, 4) is 5.75 Å². The predicted molar refractivity (Wildman–Crippen MR) is 120 cm³/mol. The van der Waals surface area contributed by atoms with E-state index >= 15 is 0 Å². The number of hydrogen-bond acceptors (Lipinski definition) is 4. The van der Waals surface area contributed by atoms with E-state index in [0.717, 1.165) is 24.5 Å². The van der Waals surface area contributed by atoms with Gasteiger partial charge in [0, 0.05) is 4.47 Å². The van der Waals surface area contributed by atoms with Crippen molar-refractivity contribution < 1.29 is 9.53 Å². The van der Waals surface area contributed by atoms with E-state index in [0.29, 0.717) is 17.2 Å². The molecule has 1 heterocycles. The number of benzene rings is 2. The van der Waals surface area contributed by atoms with Crippen LogP contribution in [0.15, 0.2) is 72.4 Å². The molecular formula is C19H13Br3N2O2S. The van der Waals surface area contributed by atoms with E-state index in [1.54, 1.807) is 12.3 Å². The lowest BCUT2D eigenvalue weighted by Gasteiger charge is -2.11. The summed E-state index contributed by atoms with van der Waals surface area (Å²) in [5.74, 6) is 0.478. The third-order valence-corrected chi connectivity index (χ3v) is 6.02. The first kappa shape index (κ1) is 20.3. The van der Waals surface area contributed by atoms with E-state index in [1.807, 2.05) is 47.8 Å². The van der Waals surface area contributed by atoms with Gasteiger partial charge >= 0.3 is 0 Å². The molecule has 138 valence electrons. The first-order valence-corrected chi connectivity index (χ1v) is 11.0. The largest absolute Gasteiger partial charge is 0.487 e. The third kappa shape index (κ3) is 5.75. The Balaban J connectivity index is 1.64. The van der Waals surface area contributed by atoms with E-state index in [-0.39, 0.29) is 5.91 Å². The van der Waals surface area contributed by atoms with Gasteiger partial charge in [-0.3, -0.25) is 4.79 Å². The second-order valence-electron chi connectivity index (χ2n) is 5.41. The Kier molecular flexibility index (Phi) is 7.23. The monoisotopic (exact) mass is 570 g/mol. The van der Waals surface area contributed by atoms with Crippen molar-refractivity contribution in [1.29, 1.82) is 0 Å². The molecule has 0 aliphatic carbocycles. The Morgan fingerprint density at radius 3 is 2.44 bits per heavy atom. The number of hydrazone groups is 1. The van der Waals surface area contributed by atoms with E-state index in [2.05, 4.69) is 58.3 Å². The fourth-order valence-corrected chi connectivity index (χ4v) is 4.49. The molecule has 2 aromatic carbocycles.